The van der Waals surface area contributed by atoms with Crippen LogP contribution >= 0.6 is 23.1 Å². The number of aryl methyl sites for hydroxylation is 1. The smallest absolute Gasteiger partial charge is 0.256 e. The average molecular weight is 403 g/mol. The number of thiophene rings is 1. The number of fused-ring (bicyclic) bond motifs is 1. The Balaban J connectivity index is 1.48. The molecule has 0 radical (unpaired) electrons. The van der Waals surface area contributed by atoms with Crippen LogP contribution in [0.3, 0.4) is 0 Å². The zero-order chi connectivity index (χ0) is 18.8. The number of anilines is 1. The third-order valence-electron chi connectivity index (χ3n) is 5.10. The standard InChI is InChI=1S/C20H22N2O3S2/c1-25-14-8-6-13(7-9-14)21-19(23)17-11-26-12-22(17)20(24)16-10-27-18-5-3-2-4-15(16)18/h6-10,17H,2-5,11-12H2,1H3,(H,21,23). The van der Waals surface area contributed by atoms with Crippen LogP contribution in [0.5, 0.6) is 5.75 Å². The van der Waals surface area contributed by atoms with Crippen molar-refractivity contribution in [3.8, 4) is 5.75 Å². The lowest BCUT2D eigenvalue weighted by Crippen LogP contribution is -2.44. The number of ether oxygens (including phenoxy) is 1. The highest BCUT2D eigenvalue weighted by Gasteiger charge is 2.36. The van der Waals surface area contributed by atoms with Gasteiger partial charge in [-0.2, -0.15) is 0 Å². The third-order valence-corrected chi connectivity index (χ3v) is 7.20. The van der Waals surface area contributed by atoms with Crippen molar-refractivity contribution in [2.45, 2.75) is 31.7 Å². The van der Waals surface area contributed by atoms with Gasteiger partial charge in [-0.3, -0.25) is 9.59 Å². The van der Waals surface area contributed by atoms with E-state index >= 15 is 0 Å². The van der Waals surface area contributed by atoms with E-state index in [0.29, 0.717) is 17.3 Å². The van der Waals surface area contributed by atoms with Crippen molar-refractivity contribution in [3.05, 3.63) is 45.6 Å². The number of hydrogen-bond acceptors (Lipinski definition) is 5. The predicted octanol–water partition coefficient (Wildman–Crippen LogP) is 3.79. The molecule has 1 aliphatic carbocycles. The van der Waals surface area contributed by atoms with E-state index < -0.39 is 6.04 Å². The molecule has 1 fully saturated rings. The highest BCUT2D eigenvalue weighted by atomic mass is 32.2. The molecule has 1 aliphatic heterocycles. The number of rotatable bonds is 4. The van der Waals surface area contributed by atoms with Gasteiger partial charge < -0.3 is 15.0 Å². The first kappa shape index (κ1) is 18.4. The molecule has 142 valence electrons. The summed E-state index contributed by atoms with van der Waals surface area (Å²) in [6, 6.07) is 6.78. The Bertz CT molecular complexity index is 847. The Morgan fingerprint density at radius 2 is 1.96 bits per heavy atom. The zero-order valence-electron chi connectivity index (χ0n) is 15.2. The summed E-state index contributed by atoms with van der Waals surface area (Å²) < 4.78 is 5.14. The fraction of sp³-hybridized carbons (Fsp3) is 0.400. The van der Waals surface area contributed by atoms with E-state index in [2.05, 4.69) is 5.32 Å². The molecular weight excluding hydrogens is 380 g/mol. The van der Waals surface area contributed by atoms with Gasteiger partial charge in [0.15, 0.2) is 0 Å². The van der Waals surface area contributed by atoms with Crippen molar-refractivity contribution in [3.63, 3.8) is 0 Å². The Kier molecular flexibility index (Phi) is 5.41. The van der Waals surface area contributed by atoms with E-state index in [1.165, 1.54) is 16.9 Å². The summed E-state index contributed by atoms with van der Waals surface area (Å²) in [4.78, 5) is 29.0. The van der Waals surface area contributed by atoms with Gasteiger partial charge in [0.05, 0.1) is 18.6 Å². The van der Waals surface area contributed by atoms with Gasteiger partial charge in [-0.25, -0.2) is 0 Å². The van der Waals surface area contributed by atoms with E-state index in [1.807, 2.05) is 5.38 Å². The summed E-state index contributed by atoms with van der Waals surface area (Å²) in [7, 11) is 1.61. The number of hydrogen-bond donors (Lipinski definition) is 1. The fourth-order valence-electron chi connectivity index (χ4n) is 3.59. The van der Waals surface area contributed by atoms with Crippen molar-refractivity contribution in [1.29, 1.82) is 0 Å². The number of carbonyl (C=O) groups excluding carboxylic acids is 2. The number of benzene rings is 1. The molecule has 1 saturated heterocycles. The second-order valence-electron chi connectivity index (χ2n) is 6.77. The van der Waals surface area contributed by atoms with Crippen LogP contribution in [0.1, 0.15) is 33.6 Å². The molecule has 2 heterocycles. The van der Waals surface area contributed by atoms with E-state index in [0.717, 1.165) is 30.6 Å². The minimum Gasteiger partial charge on any atom is -0.497 e. The molecular formula is C20H22N2O3S2. The lowest BCUT2D eigenvalue weighted by atomic mass is 9.95. The number of nitrogens with zero attached hydrogens (tertiary/aromatic N) is 1. The Morgan fingerprint density at radius 1 is 1.19 bits per heavy atom. The SMILES string of the molecule is COc1ccc(NC(=O)C2CSCN2C(=O)c2csc3c2CCCC3)cc1. The van der Waals surface area contributed by atoms with Crippen LogP contribution in [0.4, 0.5) is 5.69 Å². The van der Waals surface area contributed by atoms with E-state index in [-0.39, 0.29) is 11.8 Å². The molecule has 2 aliphatic rings. The summed E-state index contributed by atoms with van der Waals surface area (Å²) in [5, 5.41) is 4.91. The van der Waals surface area contributed by atoms with Crippen LogP contribution in [-0.4, -0.2) is 41.5 Å². The minimum atomic E-state index is -0.441. The number of amides is 2. The minimum absolute atomic E-state index is 0.00530. The molecule has 2 aromatic rings. The monoisotopic (exact) mass is 402 g/mol. The maximum absolute atomic E-state index is 13.2. The topological polar surface area (TPSA) is 58.6 Å². The zero-order valence-corrected chi connectivity index (χ0v) is 16.8. The second kappa shape index (κ2) is 7.94. The van der Waals surface area contributed by atoms with Crippen molar-refractivity contribution < 1.29 is 14.3 Å². The highest BCUT2D eigenvalue weighted by Crippen LogP contribution is 2.33. The summed E-state index contributed by atoms with van der Waals surface area (Å²) in [6.07, 6.45) is 4.39. The lowest BCUT2D eigenvalue weighted by Gasteiger charge is -2.24. The number of methoxy groups -OCH3 is 1. The Labute approximate surface area is 167 Å². The number of nitrogens with one attached hydrogen (secondary N) is 1. The van der Waals surface area contributed by atoms with Crippen LogP contribution in [0.2, 0.25) is 0 Å². The second-order valence-corrected chi connectivity index (χ2v) is 8.73. The van der Waals surface area contributed by atoms with Crippen molar-refractivity contribution >= 4 is 40.6 Å². The van der Waals surface area contributed by atoms with Crippen molar-refractivity contribution in [1.82, 2.24) is 4.90 Å². The van der Waals surface area contributed by atoms with Gasteiger partial charge in [0, 0.05) is 21.7 Å². The van der Waals surface area contributed by atoms with Gasteiger partial charge in [0.25, 0.3) is 5.91 Å². The van der Waals surface area contributed by atoms with E-state index in [4.69, 9.17) is 4.74 Å². The largest absolute Gasteiger partial charge is 0.497 e. The van der Waals surface area contributed by atoms with Crippen LogP contribution in [0, 0.1) is 0 Å². The summed E-state index contributed by atoms with van der Waals surface area (Å²) in [5.74, 6) is 1.78. The molecule has 1 unspecified atom stereocenters. The van der Waals surface area contributed by atoms with Gasteiger partial charge in [-0.05, 0) is 55.5 Å². The van der Waals surface area contributed by atoms with Crippen LogP contribution in [0.25, 0.3) is 0 Å². The molecule has 7 heteroatoms. The normalized spacial score (nSPS) is 18.9. The molecule has 0 saturated carbocycles. The number of carbonyl (C=O) groups is 2. The van der Waals surface area contributed by atoms with Gasteiger partial charge in [0.2, 0.25) is 5.91 Å². The van der Waals surface area contributed by atoms with Gasteiger partial charge in [0.1, 0.15) is 11.8 Å². The first-order valence-corrected chi connectivity index (χ1v) is 11.1. The maximum Gasteiger partial charge on any atom is 0.256 e. The maximum atomic E-state index is 13.2. The van der Waals surface area contributed by atoms with E-state index in [1.54, 1.807) is 59.4 Å². The average Bonchev–Trinajstić information content (AvgIpc) is 3.35. The Hall–Kier alpha value is -1.99. The first-order valence-electron chi connectivity index (χ1n) is 9.10. The highest BCUT2D eigenvalue weighted by molar-refractivity contribution is 7.99. The van der Waals surface area contributed by atoms with Gasteiger partial charge in [-0.15, -0.1) is 23.1 Å². The first-order chi connectivity index (χ1) is 13.2. The van der Waals surface area contributed by atoms with Crippen LogP contribution < -0.4 is 10.1 Å². The molecule has 1 aromatic carbocycles. The van der Waals surface area contributed by atoms with Crippen molar-refractivity contribution in [2.24, 2.45) is 0 Å². The van der Waals surface area contributed by atoms with Crippen molar-refractivity contribution in [2.75, 3.05) is 24.1 Å². The number of thioether (sulfide) groups is 1. The summed E-state index contributed by atoms with van der Waals surface area (Å²) in [6.45, 7) is 0. The molecule has 27 heavy (non-hydrogen) atoms. The van der Waals surface area contributed by atoms with Gasteiger partial charge in [-0.1, -0.05) is 0 Å². The van der Waals surface area contributed by atoms with E-state index in [9.17, 15) is 9.59 Å². The van der Waals surface area contributed by atoms with Gasteiger partial charge >= 0.3 is 0 Å². The third kappa shape index (κ3) is 3.71. The molecule has 5 nitrogen and oxygen atoms in total. The molecule has 1 N–H and O–H groups in total. The molecule has 4 rings (SSSR count). The lowest BCUT2D eigenvalue weighted by molar-refractivity contribution is -0.119. The summed E-state index contributed by atoms with van der Waals surface area (Å²) in [5.41, 5.74) is 2.72. The summed E-state index contributed by atoms with van der Waals surface area (Å²) >= 11 is 3.31. The quantitative estimate of drug-likeness (QED) is 0.845. The van der Waals surface area contributed by atoms with Crippen LogP contribution in [-0.2, 0) is 17.6 Å². The molecule has 0 bridgehead atoms. The fourth-order valence-corrected chi connectivity index (χ4v) is 5.86. The Morgan fingerprint density at radius 3 is 2.74 bits per heavy atom. The van der Waals surface area contributed by atoms with Crippen LogP contribution in [0.15, 0.2) is 29.6 Å². The molecule has 1 atom stereocenters. The molecule has 2 amide bonds. The molecule has 1 aromatic heterocycles. The molecule has 0 spiro atoms. The predicted molar refractivity (Wildman–Crippen MR) is 110 cm³/mol.